The summed E-state index contributed by atoms with van der Waals surface area (Å²) in [5.74, 6) is 0.0378. The summed E-state index contributed by atoms with van der Waals surface area (Å²) >= 11 is 0. The maximum absolute atomic E-state index is 11.4. The second-order valence-electron chi connectivity index (χ2n) is 6.19. The Morgan fingerprint density at radius 2 is 2.05 bits per heavy atom. The Labute approximate surface area is 133 Å². The molecule has 0 N–H and O–H groups in total. The number of aromatic nitrogens is 1. The number of aryl methyl sites for hydroxylation is 1. The zero-order valence-corrected chi connectivity index (χ0v) is 13.3. The van der Waals surface area contributed by atoms with E-state index in [4.69, 9.17) is 0 Å². The van der Waals surface area contributed by atoms with Gasteiger partial charge in [0.15, 0.2) is 0 Å². The summed E-state index contributed by atoms with van der Waals surface area (Å²) in [6.07, 6.45) is 8.19. The van der Waals surface area contributed by atoms with Gasteiger partial charge in [-0.25, -0.2) is 0 Å². The van der Waals surface area contributed by atoms with Gasteiger partial charge in [-0.3, -0.25) is 0 Å². The molecule has 0 spiro atoms. The summed E-state index contributed by atoms with van der Waals surface area (Å²) in [6.45, 7) is 3.20. The molecule has 0 fully saturated rings. The van der Waals surface area contributed by atoms with Crippen LogP contribution in [0.25, 0.3) is 11.1 Å². The van der Waals surface area contributed by atoms with Crippen LogP contribution in [0.4, 0.5) is 0 Å². The molecule has 1 radical (unpaired) electrons. The van der Waals surface area contributed by atoms with Crippen molar-refractivity contribution >= 4 is 6.29 Å². The van der Waals surface area contributed by atoms with Gasteiger partial charge in [-0.1, -0.05) is 56.5 Å². The summed E-state index contributed by atoms with van der Waals surface area (Å²) in [4.78, 5) is 11.4. The smallest absolute Gasteiger partial charge is 0.129 e. The standard InChI is InChI=1S/C20H24NO/c1-2-3-4-8-11-18-14-19(16-9-6-5-7-10-16)20-17(15-22)12-13-21(18)20/h5-7,9-10,15,17H,2-4,8,11-13H2,1H3. The lowest BCUT2D eigenvalue weighted by molar-refractivity contribution is -0.109. The summed E-state index contributed by atoms with van der Waals surface area (Å²) in [7, 11) is 0. The van der Waals surface area contributed by atoms with Crippen LogP contribution in [0.2, 0.25) is 0 Å². The fourth-order valence-electron chi connectivity index (χ4n) is 3.48. The summed E-state index contributed by atoms with van der Waals surface area (Å²) in [5, 5.41) is 0. The third kappa shape index (κ3) is 2.87. The third-order valence-corrected chi connectivity index (χ3v) is 4.65. The van der Waals surface area contributed by atoms with Crippen molar-refractivity contribution in [3.8, 4) is 11.1 Å². The molecule has 1 aromatic carbocycles. The van der Waals surface area contributed by atoms with Crippen molar-refractivity contribution in [2.24, 2.45) is 0 Å². The van der Waals surface area contributed by atoms with Gasteiger partial charge in [0.1, 0.15) is 6.29 Å². The van der Waals surface area contributed by atoms with E-state index in [-0.39, 0.29) is 5.92 Å². The second-order valence-corrected chi connectivity index (χ2v) is 6.19. The van der Waals surface area contributed by atoms with Crippen molar-refractivity contribution in [2.45, 2.75) is 57.9 Å². The molecule has 0 saturated heterocycles. The SMILES string of the molecule is CCCCCCc1[c]c(-c2ccccc2)c2n1CCC2C=O. The highest BCUT2D eigenvalue weighted by atomic mass is 16.1. The number of rotatable bonds is 7. The molecule has 2 nitrogen and oxygen atoms in total. The van der Waals surface area contributed by atoms with Crippen LogP contribution in [0, 0.1) is 6.07 Å². The molecule has 115 valence electrons. The monoisotopic (exact) mass is 294 g/mol. The van der Waals surface area contributed by atoms with E-state index in [2.05, 4.69) is 41.8 Å². The van der Waals surface area contributed by atoms with Crippen molar-refractivity contribution in [3.63, 3.8) is 0 Å². The lowest BCUT2D eigenvalue weighted by atomic mass is 9.97. The fourth-order valence-corrected chi connectivity index (χ4v) is 3.48. The number of carbonyl (C=O) groups excluding carboxylic acids is 1. The number of hydrogen-bond acceptors (Lipinski definition) is 1. The molecule has 2 heterocycles. The molecular formula is C20H24NO. The minimum Gasteiger partial charge on any atom is -0.347 e. The van der Waals surface area contributed by atoms with E-state index < -0.39 is 0 Å². The molecule has 0 amide bonds. The van der Waals surface area contributed by atoms with Crippen molar-refractivity contribution in [3.05, 3.63) is 47.8 Å². The first kappa shape index (κ1) is 15.1. The van der Waals surface area contributed by atoms with E-state index in [1.165, 1.54) is 42.6 Å². The molecular weight excluding hydrogens is 270 g/mol. The minimum atomic E-state index is 0.0378. The fraction of sp³-hybridized carbons (Fsp3) is 0.450. The van der Waals surface area contributed by atoms with Crippen LogP contribution in [0.5, 0.6) is 0 Å². The van der Waals surface area contributed by atoms with Gasteiger partial charge in [-0.2, -0.15) is 0 Å². The van der Waals surface area contributed by atoms with E-state index in [0.29, 0.717) is 0 Å². The quantitative estimate of drug-likeness (QED) is 0.533. The van der Waals surface area contributed by atoms with Crippen molar-refractivity contribution < 1.29 is 4.79 Å². The predicted molar refractivity (Wildman–Crippen MR) is 90.0 cm³/mol. The van der Waals surface area contributed by atoms with Gasteiger partial charge in [-0.15, -0.1) is 0 Å². The molecule has 1 aromatic heterocycles. The molecule has 1 aliphatic rings. The molecule has 2 heteroatoms. The average molecular weight is 294 g/mol. The van der Waals surface area contributed by atoms with Gasteiger partial charge in [0.25, 0.3) is 0 Å². The second kappa shape index (κ2) is 6.95. The lowest BCUT2D eigenvalue weighted by Gasteiger charge is -2.07. The van der Waals surface area contributed by atoms with Crippen molar-refractivity contribution in [1.29, 1.82) is 0 Å². The van der Waals surface area contributed by atoms with E-state index >= 15 is 0 Å². The van der Waals surface area contributed by atoms with E-state index in [0.717, 1.165) is 31.2 Å². The average Bonchev–Trinajstić information content (AvgIpc) is 3.13. The Morgan fingerprint density at radius 1 is 1.23 bits per heavy atom. The molecule has 0 aliphatic carbocycles. The number of unbranched alkanes of at least 4 members (excludes halogenated alkanes) is 3. The molecule has 1 aliphatic heterocycles. The van der Waals surface area contributed by atoms with Gasteiger partial charge in [-0.05, 0) is 24.8 Å². The minimum absolute atomic E-state index is 0.0378. The highest BCUT2D eigenvalue weighted by Gasteiger charge is 2.28. The van der Waals surface area contributed by atoms with Gasteiger partial charge in [0.05, 0.1) is 5.92 Å². The molecule has 3 rings (SSSR count). The van der Waals surface area contributed by atoms with Gasteiger partial charge in [0.2, 0.25) is 0 Å². The van der Waals surface area contributed by atoms with E-state index in [9.17, 15) is 4.79 Å². The molecule has 0 saturated carbocycles. The van der Waals surface area contributed by atoms with Crippen LogP contribution in [0.15, 0.2) is 30.3 Å². The van der Waals surface area contributed by atoms with Crippen LogP contribution in [-0.4, -0.2) is 10.9 Å². The molecule has 2 aromatic rings. The highest BCUT2D eigenvalue weighted by Crippen LogP contribution is 2.38. The van der Waals surface area contributed by atoms with Crippen molar-refractivity contribution in [2.75, 3.05) is 0 Å². The summed E-state index contributed by atoms with van der Waals surface area (Å²) in [5.41, 5.74) is 4.79. The van der Waals surface area contributed by atoms with Gasteiger partial charge >= 0.3 is 0 Å². The third-order valence-electron chi connectivity index (χ3n) is 4.65. The van der Waals surface area contributed by atoms with E-state index in [1.54, 1.807) is 0 Å². The predicted octanol–water partition coefficient (Wildman–Crippen LogP) is 4.76. The van der Waals surface area contributed by atoms with Crippen LogP contribution >= 0.6 is 0 Å². The number of hydrogen-bond donors (Lipinski definition) is 0. The number of carbonyl (C=O) groups is 1. The van der Waals surface area contributed by atoms with Crippen molar-refractivity contribution in [1.82, 2.24) is 4.57 Å². The molecule has 1 atom stereocenters. The Morgan fingerprint density at radius 3 is 2.77 bits per heavy atom. The van der Waals surface area contributed by atoms with Gasteiger partial charge in [0, 0.05) is 29.6 Å². The zero-order chi connectivity index (χ0) is 15.4. The number of nitrogens with zero attached hydrogens (tertiary/aromatic N) is 1. The van der Waals surface area contributed by atoms with E-state index in [1.807, 2.05) is 6.07 Å². The first-order valence-electron chi connectivity index (χ1n) is 8.50. The van der Waals surface area contributed by atoms with Crippen LogP contribution in [-0.2, 0) is 17.8 Å². The maximum atomic E-state index is 11.4. The van der Waals surface area contributed by atoms with Crippen LogP contribution < -0.4 is 0 Å². The topological polar surface area (TPSA) is 22.0 Å². The highest BCUT2D eigenvalue weighted by molar-refractivity contribution is 5.74. The molecule has 22 heavy (non-hydrogen) atoms. The van der Waals surface area contributed by atoms with Crippen LogP contribution in [0.3, 0.4) is 0 Å². The lowest BCUT2D eigenvalue weighted by Crippen LogP contribution is -2.00. The Hall–Kier alpha value is -1.83. The first-order valence-corrected chi connectivity index (χ1v) is 8.50. The maximum Gasteiger partial charge on any atom is 0.129 e. The molecule has 1 unspecified atom stereocenters. The summed E-state index contributed by atoms with van der Waals surface area (Å²) < 4.78 is 2.35. The Bertz CT molecular complexity index is 627. The van der Waals surface area contributed by atoms with Gasteiger partial charge < -0.3 is 9.36 Å². The Kier molecular flexibility index (Phi) is 4.77. The van der Waals surface area contributed by atoms with Crippen LogP contribution in [0.1, 0.15) is 56.3 Å². The largest absolute Gasteiger partial charge is 0.347 e. The first-order chi connectivity index (χ1) is 10.8. The normalized spacial score (nSPS) is 16.7. The molecule has 0 bridgehead atoms. The number of fused-ring (bicyclic) bond motifs is 1. The Balaban J connectivity index is 1.91. The summed E-state index contributed by atoms with van der Waals surface area (Å²) in [6, 6.07) is 14.0. The number of aldehydes is 1. The zero-order valence-electron chi connectivity index (χ0n) is 13.3. The number of benzene rings is 1.